The van der Waals surface area contributed by atoms with Crippen LogP contribution < -0.4 is 4.90 Å². The first-order valence-corrected chi connectivity index (χ1v) is 9.81. The van der Waals surface area contributed by atoms with E-state index in [-0.39, 0.29) is 0 Å². The van der Waals surface area contributed by atoms with Gasteiger partial charge in [0.1, 0.15) is 0 Å². The summed E-state index contributed by atoms with van der Waals surface area (Å²) in [4.78, 5) is 4.92. The van der Waals surface area contributed by atoms with Crippen molar-refractivity contribution < 1.29 is 0 Å². The molecule has 25 heavy (non-hydrogen) atoms. The Hall–Kier alpha value is -1.76. The molecule has 0 bridgehead atoms. The second kappa shape index (κ2) is 7.64. The third kappa shape index (κ3) is 3.92. The van der Waals surface area contributed by atoms with Crippen LogP contribution in [-0.2, 0) is 0 Å². The van der Waals surface area contributed by atoms with Gasteiger partial charge in [0.05, 0.1) is 0 Å². The second-order valence-electron chi connectivity index (χ2n) is 6.07. The maximum atomic E-state index is 6.10. The monoisotopic (exact) mass is 373 g/mol. The van der Waals surface area contributed by atoms with Crippen LogP contribution in [0.4, 0.5) is 5.69 Å². The highest BCUT2D eigenvalue weighted by Crippen LogP contribution is 2.21. The van der Waals surface area contributed by atoms with Crippen molar-refractivity contribution in [2.24, 2.45) is 0 Å². The zero-order valence-electron chi connectivity index (χ0n) is 13.9. The second-order valence-corrected chi connectivity index (χ2v) is 7.57. The maximum Gasteiger partial charge on any atom is 0.195 e. The lowest BCUT2D eigenvalue weighted by molar-refractivity contribution is 0.273. The zero-order chi connectivity index (χ0) is 17.1. The lowest BCUT2D eigenvalue weighted by Gasteiger charge is -2.36. The van der Waals surface area contributed by atoms with Crippen LogP contribution in [0.25, 0.3) is 5.65 Å². The van der Waals surface area contributed by atoms with Crippen LogP contribution in [0.15, 0.2) is 53.8 Å². The van der Waals surface area contributed by atoms with Crippen LogP contribution in [0.5, 0.6) is 0 Å². The molecule has 0 saturated carbocycles. The van der Waals surface area contributed by atoms with Crippen molar-refractivity contribution in [3.8, 4) is 0 Å². The molecular formula is C18H20ClN5S. The number of nitrogens with zero attached hydrogens (tertiary/aromatic N) is 5. The van der Waals surface area contributed by atoms with Crippen LogP contribution in [0, 0.1) is 0 Å². The molecule has 3 aromatic rings. The molecule has 0 aliphatic carbocycles. The van der Waals surface area contributed by atoms with E-state index in [1.807, 2.05) is 47.0 Å². The number of hydrogen-bond acceptors (Lipinski definition) is 5. The molecule has 5 nitrogen and oxygen atoms in total. The molecule has 0 radical (unpaired) electrons. The average molecular weight is 374 g/mol. The Kier molecular flexibility index (Phi) is 5.10. The van der Waals surface area contributed by atoms with Gasteiger partial charge in [0.25, 0.3) is 0 Å². The van der Waals surface area contributed by atoms with E-state index in [0.717, 1.165) is 54.3 Å². The molecule has 130 valence electrons. The molecule has 0 amide bonds. The summed E-state index contributed by atoms with van der Waals surface area (Å²) in [5, 5.41) is 10.2. The molecular weight excluding hydrogens is 354 g/mol. The lowest BCUT2D eigenvalue weighted by Crippen LogP contribution is -2.47. The highest BCUT2D eigenvalue weighted by atomic mass is 35.5. The predicted molar refractivity (Wildman–Crippen MR) is 104 cm³/mol. The number of halogens is 1. The normalized spacial score (nSPS) is 15.8. The Labute approximate surface area is 156 Å². The van der Waals surface area contributed by atoms with Gasteiger partial charge in [-0.2, -0.15) is 0 Å². The summed E-state index contributed by atoms with van der Waals surface area (Å²) in [5.41, 5.74) is 2.12. The summed E-state index contributed by atoms with van der Waals surface area (Å²) in [6.45, 7) is 5.30. The van der Waals surface area contributed by atoms with Gasteiger partial charge in [0.15, 0.2) is 10.8 Å². The number of piperazine rings is 1. The summed E-state index contributed by atoms with van der Waals surface area (Å²) in [6, 6.07) is 14.1. The Balaban J connectivity index is 1.26. The Morgan fingerprint density at radius 2 is 1.88 bits per heavy atom. The van der Waals surface area contributed by atoms with Crippen LogP contribution >= 0.6 is 23.4 Å². The van der Waals surface area contributed by atoms with Crippen molar-refractivity contribution in [3.05, 3.63) is 53.7 Å². The summed E-state index contributed by atoms with van der Waals surface area (Å²) >= 11 is 7.86. The van der Waals surface area contributed by atoms with Gasteiger partial charge in [-0.05, 0) is 30.3 Å². The minimum atomic E-state index is 0.803. The Morgan fingerprint density at radius 1 is 1.00 bits per heavy atom. The van der Waals surface area contributed by atoms with E-state index < -0.39 is 0 Å². The fourth-order valence-corrected chi connectivity index (χ4v) is 4.20. The van der Waals surface area contributed by atoms with Gasteiger partial charge in [-0.15, -0.1) is 10.2 Å². The maximum absolute atomic E-state index is 6.10. The number of rotatable bonds is 5. The van der Waals surface area contributed by atoms with E-state index in [2.05, 4.69) is 26.1 Å². The van der Waals surface area contributed by atoms with Crippen molar-refractivity contribution in [2.75, 3.05) is 43.4 Å². The van der Waals surface area contributed by atoms with E-state index in [4.69, 9.17) is 11.6 Å². The fraction of sp³-hybridized carbons (Fsp3) is 0.333. The van der Waals surface area contributed by atoms with Gasteiger partial charge in [0, 0.05) is 55.4 Å². The molecule has 7 heteroatoms. The van der Waals surface area contributed by atoms with Gasteiger partial charge in [-0.25, -0.2) is 0 Å². The molecule has 1 aromatic carbocycles. The van der Waals surface area contributed by atoms with Crippen molar-refractivity contribution in [3.63, 3.8) is 0 Å². The molecule has 0 N–H and O–H groups in total. The number of aromatic nitrogens is 3. The van der Waals surface area contributed by atoms with E-state index >= 15 is 0 Å². The number of thioether (sulfide) groups is 1. The summed E-state index contributed by atoms with van der Waals surface area (Å²) < 4.78 is 2.04. The molecule has 3 heterocycles. The zero-order valence-corrected chi connectivity index (χ0v) is 15.5. The van der Waals surface area contributed by atoms with Gasteiger partial charge in [-0.3, -0.25) is 9.30 Å². The molecule has 0 spiro atoms. The number of hydrogen-bond donors (Lipinski definition) is 0. The van der Waals surface area contributed by atoms with Crippen LogP contribution in [0.2, 0.25) is 5.02 Å². The van der Waals surface area contributed by atoms with Crippen molar-refractivity contribution >= 4 is 34.7 Å². The van der Waals surface area contributed by atoms with Crippen LogP contribution in [0.3, 0.4) is 0 Å². The quantitative estimate of drug-likeness (QED) is 0.641. The topological polar surface area (TPSA) is 36.7 Å². The van der Waals surface area contributed by atoms with Crippen molar-refractivity contribution in [1.82, 2.24) is 19.5 Å². The smallest absolute Gasteiger partial charge is 0.195 e. The third-order valence-electron chi connectivity index (χ3n) is 4.47. The lowest BCUT2D eigenvalue weighted by atomic mass is 10.2. The summed E-state index contributed by atoms with van der Waals surface area (Å²) in [7, 11) is 0. The fourth-order valence-electron chi connectivity index (χ4n) is 3.09. The minimum Gasteiger partial charge on any atom is -0.369 e. The largest absolute Gasteiger partial charge is 0.369 e. The molecule has 4 rings (SSSR count). The number of benzene rings is 1. The van der Waals surface area contributed by atoms with E-state index in [1.54, 1.807) is 11.8 Å². The van der Waals surface area contributed by atoms with Gasteiger partial charge >= 0.3 is 0 Å². The summed E-state index contributed by atoms with van der Waals surface area (Å²) in [5.74, 6) is 1.02. The van der Waals surface area contributed by atoms with Crippen molar-refractivity contribution in [1.29, 1.82) is 0 Å². The molecule has 0 unspecified atom stereocenters. The van der Waals surface area contributed by atoms with Crippen molar-refractivity contribution in [2.45, 2.75) is 5.16 Å². The molecule has 2 aromatic heterocycles. The average Bonchev–Trinajstić information content (AvgIpc) is 3.06. The van der Waals surface area contributed by atoms with Gasteiger partial charge < -0.3 is 4.90 Å². The molecule has 1 fully saturated rings. The first-order valence-electron chi connectivity index (χ1n) is 8.45. The Morgan fingerprint density at radius 3 is 2.72 bits per heavy atom. The van der Waals surface area contributed by atoms with E-state index in [9.17, 15) is 0 Å². The van der Waals surface area contributed by atoms with Gasteiger partial charge in [-0.1, -0.05) is 35.5 Å². The first-order chi connectivity index (χ1) is 12.3. The molecule has 0 atom stereocenters. The number of anilines is 1. The Bertz CT molecular complexity index is 844. The highest BCUT2D eigenvalue weighted by Gasteiger charge is 2.17. The first kappa shape index (κ1) is 16.7. The SMILES string of the molecule is Clc1cccc(N2CCN(CCSc3nnc4ccccn34)CC2)c1. The number of fused-ring (bicyclic) bond motifs is 1. The molecule has 1 saturated heterocycles. The standard InChI is InChI=1S/C18H20ClN5S/c19-15-4-3-5-16(14-15)23-10-8-22(9-11-23)12-13-25-18-21-20-17-6-1-2-7-24(17)18/h1-7,14H,8-13H2. The number of pyridine rings is 1. The molecule has 1 aliphatic rings. The third-order valence-corrected chi connectivity index (χ3v) is 5.63. The predicted octanol–water partition coefficient (Wildman–Crippen LogP) is 3.30. The van der Waals surface area contributed by atoms with Crippen LogP contribution in [0.1, 0.15) is 0 Å². The van der Waals surface area contributed by atoms with E-state index in [0.29, 0.717) is 0 Å². The summed E-state index contributed by atoms with van der Waals surface area (Å²) in [6.07, 6.45) is 2.02. The van der Waals surface area contributed by atoms with Gasteiger partial charge in [0.2, 0.25) is 0 Å². The van der Waals surface area contributed by atoms with E-state index in [1.165, 1.54) is 5.69 Å². The van der Waals surface area contributed by atoms with Crippen LogP contribution in [-0.4, -0.2) is 58.0 Å². The molecule has 1 aliphatic heterocycles. The minimum absolute atomic E-state index is 0.803. The highest BCUT2D eigenvalue weighted by molar-refractivity contribution is 7.99.